The summed E-state index contributed by atoms with van der Waals surface area (Å²) in [5.74, 6) is 0.653. The summed E-state index contributed by atoms with van der Waals surface area (Å²) in [5, 5.41) is 3.07. The van der Waals surface area contributed by atoms with Gasteiger partial charge in [-0.15, -0.1) is 0 Å². The summed E-state index contributed by atoms with van der Waals surface area (Å²) in [6, 6.07) is 4.96. The molecule has 0 aliphatic rings. The number of anilines is 2. The van der Waals surface area contributed by atoms with Crippen molar-refractivity contribution in [3.63, 3.8) is 0 Å². The third kappa shape index (κ3) is 4.00. The number of unbranched alkanes of at least 4 members (excludes halogenated alkanes) is 1. The van der Waals surface area contributed by atoms with Crippen LogP contribution < -0.4 is 5.32 Å². The third-order valence-corrected chi connectivity index (χ3v) is 3.12. The van der Waals surface area contributed by atoms with E-state index < -0.39 is 11.7 Å². The van der Waals surface area contributed by atoms with Gasteiger partial charge in [-0.2, -0.15) is 13.2 Å². The van der Waals surface area contributed by atoms with Crippen molar-refractivity contribution >= 4 is 11.6 Å². The lowest BCUT2D eigenvalue weighted by Crippen LogP contribution is -2.06. The van der Waals surface area contributed by atoms with E-state index in [1.807, 2.05) is 17.7 Å². The number of rotatable bonds is 5. The zero-order chi connectivity index (χ0) is 15.5. The fourth-order valence-electron chi connectivity index (χ4n) is 2.02. The Morgan fingerprint density at radius 3 is 2.43 bits per heavy atom. The van der Waals surface area contributed by atoms with Crippen LogP contribution in [0, 0.1) is 6.92 Å². The van der Waals surface area contributed by atoms with Crippen LogP contribution >= 0.6 is 0 Å². The zero-order valence-corrected chi connectivity index (χ0v) is 12.0. The maximum absolute atomic E-state index is 12.5. The molecule has 6 heteroatoms. The molecule has 0 saturated carbocycles. The van der Waals surface area contributed by atoms with Crippen LogP contribution in [-0.4, -0.2) is 9.55 Å². The van der Waals surface area contributed by atoms with Crippen LogP contribution in [0.4, 0.5) is 24.8 Å². The minimum Gasteiger partial charge on any atom is -0.326 e. The standard InChI is InChI=1S/C15H18F3N3/c1-3-4-9-21-10-11(2)19-14(21)20-13-7-5-12(6-8-13)15(16,17)18/h5-8,10H,3-4,9H2,1-2H3,(H,19,20). The first-order chi connectivity index (χ1) is 9.90. The van der Waals surface area contributed by atoms with Crippen molar-refractivity contribution in [2.24, 2.45) is 0 Å². The fourth-order valence-corrected chi connectivity index (χ4v) is 2.02. The number of benzene rings is 1. The number of imidazole rings is 1. The van der Waals surface area contributed by atoms with Crippen molar-refractivity contribution in [2.75, 3.05) is 5.32 Å². The normalized spacial score (nSPS) is 11.7. The molecule has 1 N–H and O–H groups in total. The number of nitrogens with zero attached hydrogens (tertiary/aromatic N) is 2. The van der Waals surface area contributed by atoms with Gasteiger partial charge in [-0.1, -0.05) is 13.3 Å². The molecule has 1 aromatic carbocycles. The molecule has 1 aromatic heterocycles. The molecule has 0 atom stereocenters. The number of halogens is 3. The lowest BCUT2D eigenvalue weighted by molar-refractivity contribution is -0.137. The molecule has 0 amide bonds. The number of nitrogens with one attached hydrogen (secondary N) is 1. The first-order valence-electron chi connectivity index (χ1n) is 6.88. The third-order valence-electron chi connectivity index (χ3n) is 3.12. The Kier molecular flexibility index (Phi) is 4.55. The number of hydrogen-bond acceptors (Lipinski definition) is 2. The van der Waals surface area contributed by atoms with Gasteiger partial charge in [0.15, 0.2) is 0 Å². The molecule has 0 spiro atoms. The van der Waals surface area contributed by atoms with Crippen molar-refractivity contribution in [2.45, 2.75) is 39.4 Å². The Morgan fingerprint density at radius 1 is 1.19 bits per heavy atom. The summed E-state index contributed by atoms with van der Waals surface area (Å²) >= 11 is 0. The average molecular weight is 297 g/mol. The summed E-state index contributed by atoms with van der Waals surface area (Å²) in [6.07, 6.45) is -0.286. The van der Waals surface area contributed by atoms with Crippen LogP contribution in [0.5, 0.6) is 0 Å². The molecular weight excluding hydrogens is 279 g/mol. The van der Waals surface area contributed by atoms with E-state index in [1.165, 1.54) is 12.1 Å². The highest BCUT2D eigenvalue weighted by Crippen LogP contribution is 2.30. The predicted octanol–water partition coefficient (Wildman–Crippen LogP) is 4.75. The second-order valence-corrected chi connectivity index (χ2v) is 4.95. The number of hydrogen-bond donors (Lipinski definition) is 1. The summed E-state index contributed by atoms with van der Waals surface area (Å²) < 4.78 is 39.5. The Morgan fingerprint density at radius 2 is 1.86 bits per heavy atom. The van der Waals surface area contributed by atoms with Gasteiger partial charge in [0.25, 0.3) is 0 Å². The second-order valence-electron chi connectivity index (χ2n) is 4.95. The Hall–Kier alpha value is -1.98. The average Bonchev–Trinajstić information content (AvgIpc) is 2.76. The molecule has 2 rings (SSSR count). The van der Waals surface area contributed by atoms with Crippen LogP contribution in [-0.2, 0) is 12.7 Å². The number of aromatic nitrogens is 2. The van der Waals surface area contributed by atoms with Gasteiger partial charge in [0, 0.05) is 18.4 Å². The van der Waals surface area contributed by atoms with Gasteiger partial charge in [-0.3, -0.25) is 0 Å². The monoisotopic (exact) mass is 297 g/mol. The van der Waals surface area contributed by atoms with E-state index in [2.05, 4.69) is 17.2 Å². The highest BCUT2D eigenvalue weighted by atomic mass is 19.4. The molecule has 0 fully saturated rings. The zero-order valence-electron chi connectivity index (χ0n) is 12.0. The molecule has 0 bridgehead atoms. The SMILES string of the molecule is CCCCn1cc(C)nc1Nc1ccc(C(F)(F)F)cc1. The van der Waals surface area contributed by atoms with Crippen LogP contribution in [0.3, 0.4) is 0 Å². The van der Waals surface area contributed by atoms with E-state index in [9.17, 15) is 13.2 Å². The summed E-state index contributed by atoms with van der Waals surface area (Å²) in [5.41, 5.74) is 0.811. The van der Waals surface area contributed by atoms with Crippen molar-refractivity contribution < 1.29 is 13.2 Å². The van der Waals surface area contributed by atoms with Gasteiger partial charge in [0.2, 0.25) is 5.95 Å². The molecule has 114 valence electrons. The largest absolute Gasteiger partial charge is 0.416 e. The molecule has 1 heterocycles. The lowest BCUT2D eigenvalue weighted by Gasteiger charge is -2.11. The van der Waals surface area contributed by atoms with Crippen LogP contribution in [0.2, 0.25) is 0 Å². The first kappa shape index (κ1) is 15.4. The smallest absolute Gasteiger partial charge is 0.326 e. The maximum Gasteiger partial charge on any atom is 0.416 e. The van der Waals surface area contributed by atoms with Crippen LogP contribution in [0.15, 0.2) is 30.5 Å². The van der Waals surface area contributed by atoms with Gasteiger partial charge in [0.1, 0.15) is 0 Å². The summed E-state index contributed by atoms with van der Waals surface area (Å²) in [7, 11) is 0. The molecule has 0 unspecified atom stereocenters. The lowest BCUT2D eigenvalue weighted by atomic mass is 10.2. The number of alkyl halides is 3. The minimum atomic E-state index is -4.31. The van der Waals surface area contributed by atoms with Crippen LogP contribution in [0.1, 0.15) is 31.0 Å². The number of aryl methyl sites for hydroxylation is 2. The first-order valence-corrected chi connectivity index (χ1v) is 6.88. The molecule has 2 aromatic rings. The van der Waals surface area contributed by atoms with Gasteiger partial charge in [0.05, 0.1) is 11.3 Å². The van der Waals surface area contributed by atoms with Gasteiger partial charge < -0.3 is 9.88 Å². The molecule has 21 heavy (non-hydrogen) atoms. The quantitative estimate of drug-likeness (QED) is 0.862. The van der Waals surface area contributed by atoms with E-state index in [0.29, 0.717) is 11.6 Å². The van der Waals surface area contributed by atoms with E-state index in [-0.39, 0.29) is 0 Å². The highest BCUT2D eigenvalue weighted by Gasteiger charge is 2.29. The van der Waals surface area contributed by atoms with E-state index in [0.717, 1.165) is 37.2 Å². The van der Waals surface area contributed by atoms with Crippen LogP contribution in [0.25, 0.3) is 0 Å². The molecular formula is C15H18F3N3. The fraction of sp³-hybridized carbons (Fsp3) is 0.400. The maximum atomic E-state index is 12.5. The molecule has 0 aliphatic heterocycles. The summed E-state index contributed by atoms with van der Waals surface area (Å²) in [4.78, 5) is 4.36. The van der Waals surface area contributed by atoms with Crippen molar-refractivity contribution in [3.05, 3.63) is 41.7 Å². The Labute approximate surface area is 121 Å². The Bertz CT molecular complexity index is 585. The molecule has 0 saturated heterocycles. The van der Waals surface area contributed by atoms with E-state index >= 15 is 0 Å². The van der Waals surface area contributed by atoms with Gasteiger partial charge in [-0.25, -0.2) is 4.98 Å². The van der Waals surface area contributed by atoms with Crippen molar-refractivity contribution in [3.8, 4) is 0 Å². The topological polar surface area (TPSA) is 29.9 Å². The second kappa shape index (κ2) is 6.20. The minimum absolute atomic E-state index is 0.589. The predicted molar refractivity (Wildman–Crippen MR) is 76.6 cm³/mol. The molecule has 3 nitrogen and oxygen atoms in total. The highest BCUT2D eigenvalue weighted by molar-refractivity contribution is 5.54. The van der Waals surface area contributed by atoms with Crippen molar-refractivity contribution in [1.29, 1.82) is 0 Å². The summed E-state index contributed by atoms with van der Waals surface area (Å²) in [6.45, 7) is 4.83. The molecule has 0 aliphatic carbocycles. The van der Waals surface area contributed by atoms with Gasteiger partial charge in [-0.05, 0) is 37.6 Å². The van der Waals surface area contributed by atoms with E-state index in [4.69, 9.17) is 0 Å². The van der Waals surface area contributed by atoms with E-state index in [1.54, 1.807) is 0 Å². The molecule has 0 radical (unpaired) electrons. The van der Waals surface area contributed by atoms with Crippen molar-refractivity contribution in [1.82, 2.24) is 9.55 Å². The Balaban J connectivity index is 2.14. The van der Waals surface area contributed by atoms with Gasteiger partial charge >= 0.3 is 6.18 Å².